The fraction of sp³-hybridized carbons (Fsp3) is 0.133. The molecule has 2 aromatic rings. The maximum Gasteiger partial charge on any atom is 0.338 e. The minimum Gasteiger partial charge on any atom is -0.506 e. The van der Waals surface area contributed by atoms with Gasteiger partial charge in [-0.3, -0.25) is 0 Å². The van der Waals surface area contributed by atoms with Gasteiger partial charge >= 0.3 is 5.97 Å². The average Bonchev–Trinajstić information content (AvgIpc) is 2.44. The highest BCUT2D eigenvalue weighted by atomic mass is 32.2. The number of aromatic hydroxyl groups is 1. The molecule has 0 saturated carbocycles. The first-order valence-electron chi connectivity index (χ1n) is 6.13. The molecule has 0 aliphatic rings. The van der Waals surface area contributed by atoms with Crippen molar-refractivity contribution in [1.29, 1.82) is 0 Å². The quantitative estimate of drug-likeness (QED) is 0.513. The van der Waals surface area contributed by atoms with Crippen molar-refractivity contribution >= 4 is 23.4 Å². The van der Waals surface area contributed by atoms with Crippen LogP contribution < -0.4 is 5.73 Å². The van der Waals surface area contributed by atoms with E-state index in [0.717, 1.165) is 9.79 Å². The zero-order valence-corrected chi connectivity index (χ0v) is 11.8. The van der Waals surface area contributed by atoms with Crippen molar-refractivity contribution in [2.24, 2.45) is 0 Å². The molecule has 2 aromatic carbocycles. The van der Waals surface area contributed by atoms with Crippen LogP contribution in [0.5, 0.6) is 5.75 Å². The van der Waals surface area contributed by atoms with Gasteiger partial charge in [-0.1, -0.05) is 11.8 Å². The molecule has 20 heavy (non-hydrogen) atoms. The van der Waals surface area contributed by atoms with E-state index in [-0.39, 0.29) is 11.7 Å². The summed E-state index contributed by atoms with van der Waals surface area (Å²) in [4.78, 5) is 13.4. The molecular formula is C15H15NO3S. The van der Waals surface area contributed by atoms with Gasteiger partial charge in [0.05, 0.1) is 17.9 Å². The predicted molar refractivity (Wildman–Crippen MR) is 79.0 cm³/mol. The Hall–Kier alpha value is -2.14. The number of ether oxygens (including phenoxy) is 1. The average molecular weight is 289 g/mol. The number of benzene rings is 2. The maximum absolute atomic E-state index is 11.5. The van der Waals surface area contributed by atoms with Gasteiger partial charge in [-0.15, -0.1) is 0 Å². The zero-order chi connectivity index (χ0) is 14.5. The van der Waals surface area contributed by atoms with E-state index in [9.17, 15) is 9.90 Å². The van der Waals surface area contributed by atoms with Gasteiger partial charge in [0.1, 0.15) is 5.75 Å². The molecule has 4 nitrogen and oxygen atoms in total. The number of carbonyl (C=O) groups excluding carboxylic acids is 1. The van der Waals surface area contributed by atoms with Gasteiger partial charge in [0.15, 0.2) is 0 Å². The Balaban J connectivity index is 2.10. The van der Waals surface area contributed by atoms with Gasteiger partial charge in [0.2, 0.25) is 0 Å². The molecule has 0 aliphatic heterocycles. The van der Waals surface area contributed by atoms with E-state index in [4.69, 9.17) is 10.5 Å². The Kier molecular flexibility index (Phi) is 4.53. The number of esters is 1. The molecular weight excluding hydrogens is 274 g/mol. The van der Waals surface area contributed by atoms with Crippen molar-refractivity contribution in [3.63, 3.8) is 0 Å². The normalized spacial score (nSPS) is 10.2. The van der Waals surface area contributed by atoms with Crippen LogP contribution in [-0.2, 0) is 4.74 Å². The van der Waals surface area contributed by atoms with Gasteiger partial charge in [-0.2, -0.15) is 0 Å². The van der Waals surface area contributed by atoms with Gasteiger partial charge in [-0.05, 0) is 49.4 Å². The first kappa shape index (κ1) is 14.3. The summed E-state index contributed by atoms with van der Waals surface area (Å²) in [5.41, 5.74) is 6.43. The van der Waals surface area contributed by atoms with E-state index >= 15 is 0 Å². The Labute approximate surface area is 121 Å². The molecule has 0 fully saturated rings. The van der Waals surface area contributed by atoms with Crippen molar-refractivity contribution in [2.75, 3.05) is 12.3 Å². The number of phenols is 1. The summed E-state index contributed by atoms with van der Waals surface area (Å²) in [5.74, 6) is -0.257. The number of nitrogen functional groups attached to an aromatic ring is 1. The fourth-order valence-corrected chi connectivity index (χ4v) is 2.45. The molecule has 104 valence electrons. The van der Waals surface area contributed by atoms with Crippen LogP contribution in [0.1, 0.15) is 17.3 Å². The molecule has 2 rings (SSSR count). The Bertz CT molecular complexity index is 611. The van der Waals surface area contributed by atoms with Crippen molar-refractivity contribution in [3.05, 3.63) is 48.0 Å². The van der Waals surface area contributed by atoms with E-state index < -0.39 is 0 Å². The Morgan fingerprint density at radius 2 is 1.85 bits per heavy atom. The number of rotatable bonds is 4. The number of phenolic OH excluding ortho intramolecular Hbond substituents is 1. The summed E-state index contributed by atoms with van der Waals surface area (Å²) in [7, 11) is 0. The van der Waals surface area contributed by atoms with Crippen LogP contribution in [0.25, 0.3) is 0 Å². The standard InChI is InChI=1S/C15H15NO3S/c1-2-19-15(18)10-3-5-11(6-4-10)20-12-7-8-13(16)14(17)9-12/h3-9,17H,2,16H2,1H3. The first-order chi connectivity index (χ1) is 9.60. The number of nitrogens with two attached hydrogens (primary N) is 1. The lowest BCUT2D eigenvalue weighted by molar-refractivity contribution is 0.0526. The molecule has 0 spiro atoms. The molecule has 0 atom stereocenters. The third-order valence-electron chi connectivity index (χ3n) is 2.60. The molecule has 0 amide bonds. The molecule has 0 unspecified atom stereocenters. The lowest BCUT2D eigenvalue weighted by atomic mass is 10.2. The molecule has 5 heteroatoms. The molecule has 0 bridgehead atoms. The van der Waals surface area contributed by atoms with E-state index in [1.54, 1.807) is 31.2 Å². The second-order valence-electron chi connectivity index (χ2n) is 4.07. The lowest BCUT2D eigenvalue weighted by Gasteiger charge is -2.05. The SMILES string of the molecule is CCOC(=O)c1ccc(Sc2ccc(N)c(O)c2)cc1. The topological polar surface area (TPSA) is 72.5 Å². The summed E-state index contributed by atoms with van der Waals surface area (Å²) in [6.07, 6.45) is 0. The van der Waals surface area contributed by atoms with E-state index in [2.05, 4.69) is 0 Å². The first-order valence-corrected chi connectivity index (χ1v) is 6.95. The molecule has 0 saturated heterocycles. The number of carbonyl (C=O) groups is 1. The Morgan fingerprint density at radius 1 is 1.20 bits per heavy atom. The van der Waals surface area contributed by atoms with Crippen LogP contribution in [0, 0.1) is 0 Å². The summed E-state index contributed by atoms with van der Waals surface area (Å²) in [6, 6.07) is 12.2. The van der Waals surface area contributed by atoms with E-state index in [0.29, 0.717) is 17.9 Å². The number of anilines is 1. The third-order valence-corrected chi connectivity index (χ3v) is 3.60. The number of hydrogen-bond acceptors (Lipinski definition) is 5. The second kappa shape index (κ2) is 6.34. The second-order valence-corrected chi connectivity index (χ2v) is 5.21. The highest BCUT2D eigenvalue weighted by molar-refractivity contribution is 7.99. The van der Waals surface area contributed by atoms with Crippen molar-refractivity contribution in [3.8, 4) is 5.75 Å². The maximum atomic E-state index is 11.5. The van der Waals surface area contributed by atoms with E-state index in [1.165, 1.54) is 11.8 Å². The summed E-state index contributed by atoms with van der Waals surface area (Å²) < 4.78 is 4.92. The molecule has 0 heterocycles. The van der Waals surface area contributed by atoms with Crippen LogP contribution in [0.3, 0.4) is 0 Å². The van der Waals surface area contributed by atoms with Gasteiger partial charge in [0.25, 0.3) is 0 Å². The van der Waals surface area contributed by atoms with Crippen LogP contribution in [0.2, 0.25) is 0 Å². The van der Waals surface area contributed by atoms with Gasteiger partial charge < -0.3 is 15.6 Å². The molecule has 0 radical (unpaired) electrons. The zero-order valence-electron chi connectivity index (χ0n) is 11.0. The number of hydrogen-bond donors (Lipinski definition) is 2. The molecule has 0 aliphatic carbocycles. The van der Waals surface area contributed by atoms with Crippen LogP contribution in [0.15, 0.2) is 52.3 Å². The fourth-order valence-electron chi connectivity index (χ4n) is 1.60. The third kappa shape index (κ3) is 3.45. The van der Waals surface area contributed by atoms with Gasteiger partial charge in [0, 0.05) is 9.79 Å². The van der Waals surface area contributed by atoms with Crippen molar-refractivity contribution in [2.45, 2.75) is 16.7 Å². The minimum atomic E-state index is -0.325. The Morgan fingerprint density at radius 3 is 2.45 bits per heavy atom. The summed E-state index contributed by atoms with van der Waals surface area (Å²) in [6.45, 7) is 2.13. The monoisotopic (exact) mass is 289 g/mol. The highest BCUT2D eigenvalue weighted by Gasteiger charge is 2.06. The summed E-state index contributed by atoms with van der Waals surface area (Å²) in [5, 5.41) is 9.55. The van der Waals surface area contributed by atoms with Gasteiger partial charge in [-0.25, -0.2) is 4.79 Å². The molecule has 0 aromatic heterocycles. The summed E-state index contributed by atoms with van der Waals surface area (Å²) >= 11 is 1.48. The van der Waals surface area contributed by atoms with E-state index in [1.807, 2.05) is 18.2 Å². The predicted octanol–water partition coefficient (Wildman–Crippen LogP) is 3.30. The van der Waals surface area contributed by atoms with Crippen LogP contribution >= 0.6 is 11.8 Å². The van der Waals surface area contributed by atoms with Crippen molar-refractivity contribution < 1.29 is 14.6 Å². The lowest BCUT2D eigenvalue weighted by Crippen LogP contribution is -2.03. The smallest absolute Gasteiger partial charge is 0.338 e. The molecule has 3 N–H and O–H groups in total. The minimum absolute atomic E-state index is 0.0677. The largest absolute Gasteiger partial charge is 0.506 e. The van der Waals surface area contributed by atoms with Crippen LogP contribution in [-0.4, -0.2) is 17.7 Å². The van der Waals surface area contributed by atoms with Crippen molar-refractivity contribution in [1.82, 2.24) is 0 Å². The highest BCUT2D eigenvalue weighted by Crippen LogP contribution is 2.32. The van der Waals surface area contributed by atoms with Crippen LogP contribution in [0.4, 0.5) is 5.69 Å².